The van der Waals surface area contributed by atoms with Gasteiger partial charge in [0.15, 0.2) is 0 Å². The molecule has 1 aromatic rings. The van der Waals surface area contributed by atoms with E-state index >= 15 is 0 Å². The van der Waals surface area contributed by atoms with Crippen molar-refractivity contribution in [3.05, 3.63) is 18.3 Å². The highest BCUT2D eigenvalue weighted by Crippen LogP contribution is 2.27. The molecule has 1 aromatic heterocycles. The van der Waals surface area contributed by atoms with Crippen molar-refractivity contribution in [1.29, 1.82) is 0 Å². The van der Waals surface area contributed by atoms with Gasteiger partial charge in [0.05, 0.1) is 17.6 Å². The van der Waals surface area contributed by atoms with Crippen molar-refractivity contribution in [3.8, 4) is 5.75 Å². The van der Waals surface area contributed by atoms with Crippen molar-refractivity contribution in [3.63, 3.8) is 0 Å². The summed E-state index contributed by atoms with van der Waals surface area (Å²) in [6.07, 6.45) is 5.50. The summed E-state index contributed by atoms with van der Waals surface area (Å²) in [5.74, 6) is 1.90. The fraction of sp³-hybridized carbons (Fsp3) is 0.538. The first-order chi connectivity index (χ1) is 8.65. The fourth-order valence-electron chi connectivity index (χ4n) is 1.64. The molecule has 1 aliphatic rings. The maximum atomic E-state index is 11.4. The Morgan fingerprint density at radius 2 is 2.39 bits per heavy atom. The van der Waals surface area contributed by atoms with Gasteiger partial charge in [0.2, 0.25) is 5.91 Å². The van der Waals surface area contributed by atoms with Crippen LogP contribution >= 0.6 is 15.9 Å². The second kappa shape index (κ2) is 6.18. The van der Waals surface area contributed by atoms with Crippen LogP contribution in [0.4, 0.5) is 5.82 Å². The molecular formula is C13H17BrN2O2. The van der Waals surface area contributed by atoms with Gasteiger partial charge in [-0.1, -0.05) is 22.4 Å². The van der Waals surface area contributed by atoms with Gasteiger partial charge in [0, 0.05) is 0 Å². The zero-order valence-electron chi connectivity index (χ0n) is 10.4. The number of hydrogen-bond acceptors (Lipinski definition) is 3. The molecule has 5 heteroatoms. The summed E-state index contributed by atoms with van der Waals surface area (Å²) in [4.78, 5) is 15.3. The number of anilines is 1. The molecule has 1 aliphatic carbocycles. The summed E-state index contributed by atoms with van der Waals surface area (Å²) in [7, 11) is 0. The van der Waals surface area contributed by atoms with Crippen molar-refractivity contribution in [2.24, 2.45) is 5.92 Å². The highest BCUT2D eigenvalue weighted by molar-refractivity contribution is 9.10. The second-order valence-corrected chi connectivity index (χ2v) is 5.97. The molecule has 2 rings (SSSR count). The predicted octanol–water partition coefficient (Wildman–Crippen LogP) is 2.98. The average molecular weight is 313 g/mol. The number of nitrogens with one attached hydrogen (secondary N) is 1. The highest BCUT2D eigenvalue weighted by atomic mass is 79.9. The van der Waals surface area contributed by atoms with E-state index in [9.17, 15) is 4.79 Å². The standard InChI is InChI=1S/C13H17BrN2O2/c1-9(14)13(17)16-12-6-5-11(7-15-12)18-8-10-3-2-4-10/h5-7,9-10H,2-4,8H2,1H3,(H,15,16,17). The summed E-state index contributed by atoms with van der Waals surface area (Å²) < 4.78 is 5.63. The Bertz CT molecular complexity index is 402. The van der Waals surface area contributed by atoms with E-state index in [1.807, 2.05) is 6.07 Å². The summed E-state index contributed by atoms with van der Waals surface area (Å²) in [5.41, 5.74) is 0. The molecule has 0 bridgehead atoms. The van der Waals surface area contributed by atoms with Crippen LogP contribution in [0.2, 0.25) is 0 Å². The Morgan fingerprint density at radius 1 is 1.61 bits per heavy atom. The number of carbonyl (C=O) groups excluding carboxylic acids is 1. The van der Waals surface area contributed by atoms with Crippen molar-refractivity contribution in [2.45, 2.75) is 31.0 Å². The maximum Gasteiger partial charge on any atom is 0.239 e. The van der Waals surface area contributed by atoms with Crippen molar-refractivity contribution in [2.75, 3.05) is 11.9 Å². The third kappa shape index (κ3) is 3.70. The van der Waals surface area contributed by atoms with Crippen molar-refractivity contribution >= 4 is 27.7 Å². The van der Waals surface area contributed by atoms with Crippen molar-refractivity contribution < 1.29 is 9.53 Å². The number of ether oxygens (including phenoxy) is 1. The quantitative estimate of drug-likeness (QED) is 0.850. The second-order valence-electron chi connectivity index (χ2n) is 4.59. The van der Waals surface area contributed by atoms with Crippen LogP contribution in [0.3, 0.4) is 0 Å². The normalized spacial score (nSPS) is 16.8. The van der Waals surface area contributed by atoms with E-state index in [1.165, 1.54) is 19.3 Å². The molecule has 1 fully saturated rings. The molecule has 0 saturated heterocycles. The Hall–Kier alpha value is -1.10. The number of aromatic nitrogens is 1. The van der Waals surface area contributed by atoms with Crippen LogP contribution in [0, 0.1) is 5.92 Å². The monoisotopic (exact) mass is 312 g/mol. The van der Waals surface area contributed by atoms with Crippen LogP contribution in [0.25, 0.3) is 0 Å². The van der Waals surface area contributed by atoms with Gasteiger partial charge in [0.1, 0.15) is 11.6 Å². The van der Waals surface area contributed by atoms with Gasteiger partial charge < -0.3 is 10.1 Å². The summed E-state index contributed by atoms with van der Waals surface area (Å²) >= 11 is 3.20. The van der Waals surface area contributed by atoms with Gasteiger partial charge in [0.25, 0.3) is 0 Å². The summed E-state index contributed by atoms with van der Waals surface area (Å²) in [5, 5.41) is 2.70. The Morgan fingerprint density at radius 3 is 2.89 bits per heavy atom. The van der Waals surface area contributed by atoms with E-state index in [4.69, 9.17) is 4.74 Å². The lowest BCUT2D eigenvalue weighted by molar-refractivity contribution is -0.115. The smallest absolute Gasteiger partial charge is 0.239 e. The lowest BCUT2D eigenvalue weighted by Gasteiger charge is -2.24. The summed E-state index contributed by atoms with van der Waals surface area (Å²) in [6, 6.07) is 3.59. The molecule has 1 heterocycles. The number of carbonyl (C=O) groups is 1. The fourth-order valence-corrected chi connectivity index (χ4v) is 1.75. The number of rotatable bonds is 5. The van der Waals surface area contributed by atoms with Crippen LogP contribution in [-0.4, -0.2) is 22.3 Å². The van der Waals surface area contributed by atoms with Crippen LogP contribution in [0.1, 0.15) is 26.2 Å². The number of amides is 1. The predicted molar refractivity (Wildman–Crippen MR) is 74.1 cm³/mol. The van der Waals surface area contributed by atoms with E-state index in [0.29, 0.717) is 11.7 Å². The zero-order valence-corrected chi connectivity index (χ0v) is 11.9. The molecule has 1 amide bonds. The first-order valence-electron chi connectivity index (χ1n) is 6.19. The van der Waals surface area contributed by atoms with Gasteiger partial charge >= 0.3 is 0 Å². The molecular weight excluding hydrogens is 296 g/mol. The third-order valence-corrected chi connectivity index (χ3v) is 3.48. The molecule has 0 spiro atoms. The van der Waals surface area contributed by atoms with Gasteiger partial charge in [-0.05, 0) is 37.8 Å². The first-order valence-corrected chi connectivity index (χ1v) is 7.10. The SMILES string of the molecule is CC(Br)C(=O)Nc1ccc(OCC2CCC2)cn1. The van der Waals surface area contributed by atoms with E-state index in [0.717, 1.165) is 12.4 Å². The molecule has 0 aromatic carbocycles. The third-order valence-electron chi connectivity index (χ3n) is 3.06. The molecule has 0 aliphatic heterocycles. The van der Waals surface area contributed by atoms with E-state index in [1.54, 1.807) is 19.2 Å². The number of nitrogens with zero attached hydrogens (tertiary/aromatic N) is 1. The van der Waals surface area contributed by atoms with Crippen LogP contribution < -0.4 is 10.1 Å². The summed E-state index contributed by atoms with van der Waals surface area (Å²) in [6.45, 7) is 2.54. The Balaban J connectivity index is 1.82. The zero-order chi connectivity index (χ0) is 13.0. The van der Waals surface area contributed by atoms with Crippen molar-refractivity contribution in [1.82, 2.24) is 4.98 Å². The van der Waals surface area contributed by atoms with Crippen LogP contribution in [0.15, 0.2) is 18.3 Å². The molecule has 98 valence electrons. The lowest BCUT2D eigenvalue weighted by atomic mass is 9.86. The lowest BCUT2D eigenvalue weighted by Crippen LogP contribution is -2.21. The number of pyridine rings is 1. The van der Waals surface area contributed by atoms with Gasteiger partial charge in [-0.15, -0.1) is 0 Å². The van der Waals surface area contributed by atoms with Gasteiger partial charge in [-0.2, -0.15) is 0 Å². The Labute approximate surface area is 115 Å². The minimum absolute atomic E-state index is 0.106. The number of hydrogen-bond donors (Lipinski definition) is 1. The molecule has 4 nitrogen and oxygen atoms in total. The maximum absolute atomic E-state index is 11.4. The molecule has 1 N–H and O–H groups in total. The van der Waals surface area contributed by atoms with Gasteiger partial charge in [-0.25, -0.2) is 4.98 Å². The van der Waals surface area contributed by atoms with E-state index < -0.39 is 0 Å². The molecule has 18 heavy (non-hydrogen) atoms. The van der Waals surface area contributed by atoms with E-state index in [-0.39, 0.29) is 10.7 Å². The Kier molecular flexibility index (Phi) is 4.58. The number of alkyl halides is 1. The van der Waals surface area contributed by atoms with E-state index in [2.05, 4.69) is 26.2 Å². The average Bonchev–Trinajstić information content (AvgIpc) is 2.29. The minimum atomic E-state index is -0.228. The molecule has 0 radical (unpaired) electrons. The van der Waals surface area contributed by atoms with Crippen LogP contribution in [-0.2, 0) is 4.79 Å². The van der Waals surface area contributed by atoms with Crippen LogP contribution in [0.5, 0.6) is 5.75 Å². The molecule has 1 saturated carbocycles. The minimum Gasteiger partial charge on any atom is -0.492 e. The number of halogens is 1. The molecule has 1 atom stereocenters. The van der Waals surface area contributed by atoms with Gasteiger partial charge in [-0.3, -0.25) is 4.79 Å². The highest BCUT2D eigenvalue weighted by Gasteiger charge is 2.17. The molecule has 1 unspecified atom stereocenters. The first kappa shape index (κ1) is 13.3. The topological polar surface area (TPSA) is 51.2 Å². The largest absolute Gasteiger partial charge is 0.492 e.